The van der Waals surface area contributed by atoms with Gasteiger partial charge in [-0.3, -0.25) is 14.5 Å². The highest BCUT2D eigenvalue weighted by molar-refractivity contribution is 6.33. The number of rotatable bonds is 7. The van der Waals surface area contributed by atoms with Crippen molar-refractivity contribution in [2.45, 2.75) is 6.92 Å². The number of carbonyl (C=O) groups excluding carboxylic acids is 2. The van der Waals surface area contributed by atoms with E-state index in [1.807, 2.05) is 122 Å². The molecule has 232 valence electrons. The van der Waals surface area contributed by atoms with Crippen molar-refractivity contribution in [3.63, 3.8) is 0 Å². The highest BCUT2D eigenvalue weighted by Gasteiger charge is 2.32. The summed E-state index contributed by atoms with van der Waals surface area (Å²) in [4.78, 5) is 36.7. The van der Waals surface area contributed by atoms with E-state index >= 15 is 0 Å². The van der Waals surface area contributed by atoms with Crippen LogP contribution in [0.25, 0.3) is 17.0 Å². The summed E-state index contributed by atoms with van der Waals surface area (Å²) in [5.74, 6) is 0.0443. The van der Waals surface area contributed by atoms with Gasteiger partial charge in [0.15, 0.2) is 0 Å². The van der Waals surface area contributed by atoms with E-state index in [1.165, 1.54) is 0 Å². The average Bonchev–Trinajstić information content (AvgIpc) is 3.70. The molecule has 0 radical (unpaired) electrons. The Labute approximate surface area is 276 Å². The van der Waals surface area contributed by atoms with Gasteiger partial charge in [-0.15, -0.1) is 15.3 Å². The maximum atomic E-state index is 13.9. The lowest BCUT2D eigenvalue weighted by atomic mass is 10.1. The number of anilines is 1. The van der Waals surface area contributed by atoms with E-state index in [1.54, 1.807) is 35.2 Å². The number of nitrogens with one attached hydrogen (secondary N) is 2. The molecule has 9 nitrogen and oxygen atoms in total. The molecule has 0 saturated heterocycles. The van der Waals surface area contributed by atoms with Crippen molar-refractivity contribution in [3.05, 3.63) is 173 Å². The van der Waals surface area contributed by atoms with E-state index in [0.29, 0.717) is 34.0 Å². The van der Waals surface area contributed by atoms with Crippen molar-refractivity contribution in [2.24, 2.45) is 20.3 Å². The standard InChI is InChI=1S/C39H29N7O2/c1-26-12-8-10-18-33(26)42-43-36(27-13-4-2-5-14-27)44-45-38(47)29-20-22-31(23-21-29)46-37(28-15-6-3-7-16-28)41-35(39(46)48)24-30-25-40-34-19-11-9-17-32(30)34/h2-25,40H,1H3,(H,45,47)/b35-24+,43-42?,44-36+. The van der Waals surface area contributed by atoms with Gasteiger partial charge >= 0.3 is 0 Å². The van der Waals surface area contributed by atoms with E-state index in [-0.39, 0.29) is 11.7 Å². The van der Waals surface area contributed by atoms with Crippen LogP contribution in [0, 0.1) is 6.92 Å². The first-order valence-corrected chi connectivity index (χ1v) is 15.3. The number of amides is 2. The molecule has 2 heterocycles. The van der Waals surface area contributed by atoms with E-state index in [2.05, 4.69) is 25.7 Å². The Bertz CT molecular complexity index is 2250. The van der Waals surface area contributed by atoms with Gasteiger partial charge in [0.1, 0.15) is 11.5 Å². The van der Waals surface area contributed by atoms with Gasteiger partial charge in [0.2, 0.25) is 5.84 Å². The smallest absolute Gasteiger partial charge is 0.282 e. The Balaban J connectivity index is 1.15. The summed E-state index contributed by atoms with van der Waals surface area (Å²) in [6, 6.07) is 41.1. The van der Waals surface area contributed by atoms with E-state index in [4.69, 9.17) is 4.99 Å². The number of H-pyrrole nitrogens is 1. The number of benzene rings is 5. The number of nitrogens with zero attached hydrogens (tertiary/aromatic N) is 5. The number of aryl methyl sites for hydroxylation is 1. The van der Waals surface area contributed by atoms with Gasteiger partial charge in [0.25, 0.3) is 11.8 Å². The summed E-state index contributed by atoms with van der Waals surface area (Å²) < 4.78 is 0. The number of fused-ring (bicyclic) bond motifs is 1. The second kappa shape index (κ2) is 13.3. The minimum atomic E-state index is -0.439. The predicted octanol–water partition coefficient (Wildman–Crippen LogP) is 8.19. The van der Waals surface area contributed by atoms with Gasteiger partial charge in [-0.25, -0.2) is 10.4 Å². The molecule has 0 atom stereocenters. The molecule has 0 spiro atoms. The van der Waals surface area contributed by atoms with Crippen molar-refractivity contribution in [1.82, 2.24) is 10.4 Å². The maximum Gasteiger partial charge on any atom is 0.282 e. The lowest BCUT2D eigenvalue weighted by Gasteiger charge is -2.18. The van der Waals surface area contributed by atoms with E-state index in [9.17, 15) is 9.59 Å². The van der Waals surface area contributed by atoms with Crippen LogP contribution in [-0.2, 0) is 4.79 Å². The third-order valence-electron chi connectivity index (χ3n) is 7.86. The molecular weight excluding hydrogens is 598 g/mol. The number of para-hydroxylation sites is 1. The number of hydrazone groups is 1. The van der Waals surface area contributed by atoms with Crippen LogP contribution in [-0.4, -0.2) is 28.5 Å². The van der Waals surface area contributed by atoms with Gasteiger partial charge in [-0.1, -0.05) is 97.1 Å². The Morgan fingerprint density at radius 3 is 2.25 bits per heavy atom. The molecule has 5 aromatic carbocycles. The SMILES string of the molecule is Cc1ccccc1N=N/C(=N/NC(=O)c1ccc(N2C(=O)/C(=C\c3c[nH]c4ccccc34)N=C2c2ccccc2)cc1)c1ccccc1. The summed E-state index contributed by atoms with van der Waals surface area (Å²) in [6.45, 7) is 1.95. The molecular formula is C39H29N7O2. The highest BCUT2D eigenvalue weighted by atomic mass is 16.2. The zero-order chi connectivity index (χ0) is 32.9. The van der Waals surface area contributed by atoms with Crippen LogP contribution in [0.3, 0.4) is 0 Å². The number of aliphatic imine (C=N–C) groups is 1. The molecule has 1 aromatic heterocycles. The normalized spacial score (nSPS) is 14.2. The number of hydrogen-bond donors (Lipinski definition) is 2. The van der Waals surface area contributed by atoms with Crippen LogP contribution < -0.4 is 10.3 Å². The number of carbonyl (C=O) groups is 2. The van der Waals surface area contributed by atoms with Crippen molar-refractivity contribution in [2.75, 3.05) is 4.90 Å². The summed E-state index contributed by atoms with van der Waals surface area (Å²) in [6.07, 6.45) is 3.67. The average molecular weight is 628 g/mol. The first-order valence-electron chi connectivity index (χ1n) is 15.3. The first-order chi connectivity index (χ1) is 23.5. The Morgan fingerprint density at radius 1 is 0.792 bits per heavy atom. The fourth-order valence-electron chi connectivity index (χ4n) is 5.34. The van der Waals surface area contributed by atoms with Gasteiger partial charge in [-0.2, -0.15) is 0 Å². The van der Waals surface area contributed by atoms with Crippen molar-refractivity contribution in [1.29, 1.82) is 0 Å². The summed E-state index contributed by atoms with van der Waals surface area (Å²) in [7, 11) is 0. The monoisotopic (exact) mass is 627 g/mol. The topological polar surface area (TPSA) is 115 Å². The van der Waals surface area contributed by atoms with Crippen LogP contribution in [0.15, 0.2) is 166 Å². The Hall–Kier alpha value is -6.74. The molecule has 7 rings (SSSR count). The molecule has 6 aromatic rings. The molecule has 0 aliphatic carbocycles. The van der Waals surface area contributed by atoms with Crippen molar-refractivity contribution < 1.29 is 9.59 Å². The van der Waals surface area contributed by atoms with E-state index in [0.717, 1.165) is 27.6 Å². The second-order valence-corrected chi connectivity index (χ2v) is 11.0. The number of aromatic amines is 1. The fourth-order valence-corrected chi connectivity index (χ4v) is 5.34. The molecule has 9 heteroatoms. The quantitative estimate of drug-likeness (QED) is 0.0611. The van der Waals surface area contributed by atoms with Gasteiger partial charge in [0, 0.05) is 39.4 Å². The van der Waals surface area contributed by atoms with Crippen LogP contribution in [0.1, 0.15) is 32.6 Å². The lowest BCUT2D eigenvalue weighted by molar-refractivity contribution is -0.113. The fraction of sp³-hybridized carbons (Fsp3) is 0.0256. The molecule has 0 saturated carbocycles. The number of azo groups is 1. The predicted molar refractivity (Wildman–Crippen MR) is 189 cm³/mol. The van der Waals surface area contributed by atoms with Crippen LogP contribution >= 0.6 is 0 Å². The lowest BCUT2D eigenvalue weighted by Crippen LogP contribution is -2.32. The second-order valence-electron chi connectivity index (χ2n) is 11.0. The minimum absolute atomic E-state index is 0.254. The number of amidine groups is 2. The molecule has 0 bridgehead atoms. The summed E-state index contributed by atoms with van der Waals surface area (Å²) in [5, 5.41) is 14.0. The number of aromatic nitrogens is 1. The zero-order valence-electron chi connectivity index (χ0n) is 25.9. The molecule has 2 N–H and O–H groups in total. The summed E-state index contributed by atoms with van der Waals surface area (Å²) >= 11 is 0. The minimum Gasteiger partial charge on any atom is -0.361 e. The molecule has 48 heavy (non-hydrogen) atoms. The van der Waals surface area contributed by atoms with E-state index < -0.39 is 5.91 Å². The third kappa shape index (κ3) is 6.20. The Kier molecular flexibility index (Phi) is 8.31. The first kappa shape index (κ1) is 29.9. The van der Waals surface area contributed by atoms with Gasteiger partial charge < -0.3 is 4.98 Å². The maximum absolute atomic E-state index is 13.9. The zero-order valence-corrected chi connectivity index (χ0v) is 25.9. The number of hydrogen-bond acceptors (Lipinski definition) is 5. The Morgan fingerprint density at radius 2 is 1.48 bits per heavy atom. The molecule has 0 unspecified atom stereocenters. The van der Waals surface area contributed by atoms with Crippen LogP contribution in [0.2, 0.25) is 0 Å². The van der Waals surface area contributed by atoms with Gasteiger partial charge in [0.05, 0.1) is 11.4 Å². The van der Waals surface area contributed by atoms with Crippen molar-refractivity contribution >= 4 is 51.8 Å². The van der Waals surface area contributed by atoms with Gasteiger partial charge in [-0.05, 0) is 55.0 Å². The molecule has 1 aliphatic heterocycles. The molecule has 0 fully saturated rings. The van der Waals surface area contributed by atoms with Crippen LogP contribution in [0.4, 0.5) is 11.4 Å². The largest absolute Gasteiger partial charge is 0.361 e. The third-order valence-corrected chi connectivity index (χ3v) is 7.86. The molecule has 2 amide bonds. The molecule has 1 aliphatic rings. The van der Waals surface area contributed by atoms with Crippen LogP contribution in [0.5, 0.6) is 0 Å². The highest BCUT2D eigenvalue weighted by Crippen LogP contribution is 2.30. The summed E-state index contributed by atoms with van der Waals surface area (Å²) in [5.41, 5.74) is 8.84. The van der Waals surface area contributed by atoms with Crippen molar-refractivity contribution in [3.8, 4) is 0 Å².